The van der Waals surface area contributed by atoms with Crippen molar-refractivity contribution in [3.05, 3.63) is 53.6 Å². The zero-order valence-corrected chi connectivity index (χ0v) is 17.9. The predicted octanol–water partition coefficient (Wildman–Crippen LogP) is 2.35. The van der Waals surface area contributed by atoms with E-state index in [-0.39, 0.29) is 11.3 Å². The Morgan fingerprint density at radius 2 is 2.06 bits per heavy atom. The van der Waals surface area contributed by atoms with Gasteiger partial charge in [-0.25, -0.2) is 13.2 Å². The van der Waals surface area contributed by atoms with Gasteiger partial charge in [-0.3, -0.25) is 4.79 Å². The molecule has 0 spiro atoms. The molecule has 0 aliphatic carbocycles. The molecule has 11 heteroatoms. The number of thioether (sulfide) groups is 1. The fourth-order valence-electron chi connectivity index (χ4n) is 3.06. The first-order valence-corrected chi connectivity index (χ1v) is 11.6. The highest BCUT2D eigenvalue weighted by molar-refractivity contribution is 8.15. The van der Waals surface area contributed by atoms with Gasteiger partial charge < -0.3 is 15.0 Å². The van der Waals surface area contributed by atoms with Crippen LogP contribution in [0.25, 0.3) is 0 Å². The highest BCUT2D eigenvalue weighted by Crippen LogP contribution is 2.42. The van der Waals surface area contributed by atoms with Crippen LogP contribution >= 0.6 is 11.8 Å². The van der Waals surface area contributed by atoms with E-state index in [2.05, 4.69) is 9.71 Å². The molecule has 0 aromatic heterocycles. The molecular formula is C20H16N4O5S2. The van der Waals surface area contributed by atoms with Gasteiger partial charge in [0.15, 0.2) is 11.3 Å². The van der Waals surface area contributed by atoms with Crippen LogP contribution in [-0.2, 0) is 19.6 Å². The zero-order valence-electron chi connectivity index (χ0n) is 16.2. The van der Waals surface area contributed by atoms with Crippen molar-refractivity contribution in [1.82, 2.24) is 0 Å². The van der Waals surface area contributed by atoms with E-state index >= 15 is 0 Å². The average molecular weight is 457 g/mol. The highest BCUT2D eigenvalue weighted by atomic mass is 32.2. The Labute approximate surface area is 182 Å². The lowest BCUT2D eigenvalue weighted by molar-refractivity contribution is -0.123. The van der Waals surface area contributed by atoms with Gasteiger partial charge in [-0.1, -0.05) is 12.1 Å². The van der Waals surface area contributed by atoms with Crippen molar-refractivity contribution < 1.29 is 22.7 Å². The first-order chi connectivity index (χ1) is 14.8. The molecule has 1 N–H and O–H groups in total. The van der Waals surface area contributed by atoms with Crippen LogP contribution in [0.5, 0.6) is 0 Å². The maximum Gasteiger partial charge on any atom is 0.338 e. The molecule has 2 aromatic rings. The van der Waals surface area contributed by atoms with Crippen LogP contribution in [0.4, 0.5) is 11.4 Å². The fraction of sp³-hybridized carbons (Fsp3) is 0.200. The molecular weight excluding hydrogens is 440 g/mol. The number of nitrogens with one attached hydrogen (secondary N) is 1. The first-order valence-electron chi connectivity index (χ1n) is 9.20. The number of fused-ring (bicyclic) bond motifs is 3. The van der Waals surface area contributed by atoms with Crippen molar-refractivity contribution in [2.45, 2.75) is 17.9 Å². The molecule has 0 fully saturated rings. The Balaban J connectivity index is 1.45. The molecule has 158 valence electrons. The number of esters is 1. The highest BCUT2D eigenvalue weighted by Gasteiger charge is 2.33. The van der Waals surface area contributed by atoms with Gasteiger partial charge in [0.25, 0.3) is 15.9 Å². The number of benzene rings is 2. The third-order valence-corrected chi connectivity index (χ3v) is 6.97. The Bertz CT molecular complexity index is 1270. The molecule has 0 bridgehead atoms. The minimum atomic E-state index is -3.47. The number of rotatable bonds is 4. The number of nitrogens with zero attached hydrogens (tertiary/aromatic N) is 3. The summed E-state index contributed by atoms with van der Waals surface area (Å²) in [5, 5.41) is 12.0. The van der Waals surface area contributed by atoms with E-state index in [0.717, 1.165) is 17.4 Å². The molecule has 2 aromatic carbocycles. The number of hydrogen-bond acceptors (Lipinski definition) is 8. The Kier molecular flexibility index (Phi) is 5.43. The summed E-state index contributed by atoms with van der Waals surface area (Å²) >= 11 is 1.16. The molecule has 0 saturated heterocycles. The first kappa shape index (κ1) is 20.9. The van der Waals surface area contributed by atoms with Gasteiger partial charge in [-0.15, -0.1) is 4.40 Å². The standard InChI is InChI=1S/C20H16N4O5S2/c1-12(18(25)22-15-5-3-2-4-14(15)11-21)29-19(26)13-6-7-16-17(10-13)30-20-23-31(27,28)9-8-24(16)20/h2-7,10,12H,8-9H2,1H3,(H,22,25)/t12-/m1/s1. The molecule has 9 nitrogen and oxygen atoms in total. The van der Waals surface area contributed by atoms with E-state index in [9.17, 15) is 18.0 Å². The van der Waals surface area contributed by atoms with Crippen LogP contribution in [0.3, 0.4) is 0 Å². The number of ether oxygens (including phenoxy) is 1. The van der Waals surface area contributed by atoms with E-state index in [0.29, 0.717) is 27.9 Å². The monoisotopic (exact) mass is 456 g/mol. The van der Waals surface area contributed by atoms with Crippen LogP contribution < -0.4 is 10.2 Å². The van der Waals surface area contributed by atoms with Gasteiger partial charge >= 0.3 is 5.97 Å². The Hall–Kier alpha value is -3.36. The lowest BCUT2D eigenvalue weighted by atomic mass is 10.2. The number of amides is 1. The summed E-state index contributed by atoms with van der Waals surface area (Å²) in [5.74, 6) is -1.33. The lowest BCUT2D eigenvalue weighted by Crippen LogP contribution is -2.35. The maximum atomic E-state index is 12.5. The number of hydrogen-bond donors (Lipinski definition) is 1. The van der Waals surface area contributed by atoms with Gasteiger partial charge in [-0.2, -0.15) is 5.26 Å². The third-order valence-electron chi connectivity index (χ3n) is 4.67. The second-order valence-electron chi connectivity index (χ2n) is 6.79. The average Bonchev–Trinajstić information content (AvgIpc) is 3.09. The van der Waals surface area contributed by atoms with Crippen LogP contribution in [0.15, 0.2) is 51.8 Å². The quantitative estimate of drug-likeness (QED) is 0.694. The lowest BCUT2D eigenvalue weighted by Gasteiger charge is -2.22. The topological polar surface area (TPSA) is 129 Å². The number of nitriles is 1. The smallest absolute Gasteiger partial charge is 0.338 e. The predicted molar refractivity (Wildman–Crippen MR) is 116 cm³/mol. The number of para-hydroxylation sites is 1. The molecule has 0 saturated carbocycles. The zero-order chi connectivity index (χ0) is 22.2. The van der Waals surface area contributed by atoms with E-state index in [1.165, 1.54) is 6.92 Å². The summed E-state index contributed by atoms with van der Waals surface area (Å²) in [6, 6.07) is 13.3. The van der Waals surface area contributed by atoms with Crippen molar-refractivity contribution in [3.8, 4) is 6.07 Å². The fourth-order valence-corrected chi connectivity index (χ4v) is 5.36. The van der Waals surface area contributed by atoms with Crippen molar-refractivity contribution in [2.75, 3.05) is 22.5 Å². The number of carbonyl (C=O) groups is 2. The molecule has 0 radical (unpaired) electrons. The molecule has 1 atom stereocenters. The number of anilines is 2. The van der Waals surface area contributed by atoms with Crippen LogP contribution in [0, 0.1) is 11.3 Å². The van der Waals surface area contributed by atoms with Gasteiger partial charge in [-0.05, 0) is 49.0 Å². The molecule has 2 aliphatic heterocycles. The second kappa shape index (κ2) is 8.05. The van der Waals surface area contributed by atoms with Crippen molar-refractivity contribution in [1.29, 1.82) is 5.26 Å². The summed E-state index contributed by atoms with van der Waals surface area (Å²) in [5.41, 5.74) is 1.63. The number of sulfonamides is 1. The van der Waals surface area contributed by atoms with Gasteiger partial charge in [0.1, 0.15) is 6.07 Å². The van der Waals surface area contributed by atoms with E-state index in [1.54, 1.807) is 47.4 Å². The minimum absolute atomic E-state index is 0.0676. The summed E-state index contributed by atoms with van der Waals surface area (Å²) in [4.78, 5) is 27.4. The van der Waals surface area contributed by atoms with Crippen molar-refractivity contribution in [2.24, 2.45) is 4.40 Å². The summed E-state index contributed by atoms with van der Waals surface area (Å²) in [6.07, 6.45) is -1.10. The summed E-state index contributed by atoms with van der Waals surface area (Å²) < 4.78 is 32.5. The molecule has 2 aliphatic rings. The number of amidine groups is 1. The minimum Gasteiger partial charge on any atom is -0.449 e. The second-order valence-corrected chi connectivity index (χ2v) is 9.55. The summed E-state index contributed by atoms with van der Waals surface area (Å²) in [7, 11) is -3.47. The van der Waals surface area contributed by atoms with Gasteiger partial charge in [0.05, 0.1) is 28.3 Å². The summed E-state index contributed by atoms with van der Waals surface area (Å²) in [6.45, 7) is 1.73. The van der Waals surface area contributed by atoms with E-state index in [1.807, 2.05) is 6.07 Å². The molecule has 1 amide bonds. The van der Waals surface area contributed by atoms with Crippen LogP contribution in [0.1, 0.15) is 22.8 Å². The van der Waals surface area contributed by atoms with E-state index in [4.69, 9.17) is 10.00 Å². The number of carbonyl (C=O) groups excluding carboxylic acids is 2. The SMILES string of the molecule is C[C@@H](OC(=O)c1ccc2c(c1)SC1=NS(=O)(=O)CCN12)C(=O)Nc1ccccc1C#N. The van der Waals surface area contributed by atoms with Crippen molar-refractivity contribution in [3.63, 3.8) is 0 Å². The molecule has 4 rings (SSSR count). The van der Waals surface area contributed by atoms with Crippen molar-refractivity contribution >= 4 is 50.2 Å². The molecule has 2 heterocycles. The van der Waals surface area contributed by atoms with Gasteiger partial charge in [0, 0.05) is 11.4 Å². The molecule has 0 unspecified atom stereocenters. The van der Waals surface area contributed by atoms with Gasteiger partial charge in [0.2, 0.25) is 0 Å². The van der Waals surface area contributed by atoms with Crippen LogP contribution in [-0.4, -0.2) is 43.9 Å². The largest absolute Gasteiger partial charge is 0.449 e. The Morgan fingerprint density at radius 3 is 2.84 bits per heavy atom. The molecule has 31 heavy (non-hydrogen) atoms. The third kappa shape index (κ3) is 4.26. The Morgan fingerprint density at radius 1 is 1.29 bits per heavy atom. The van der Waals surface area contributed by atoms with E-state index < -0.39 is 28.0 Å². The van der Waals surface area contributed by atoms with Crippen LogP contribution in [0.2, 0.25) is 0 Å². The normalized spacial score (nSPS) is 16.9. The maximum absolute atomic E-state index is 12.5.